The molecule has 3 rings (SSSR count). The predicted octanol–water partition coefficient (Wildman–Crippen LogP) is 1.78. The summed E-state index contributed by atoms with van der Waals surface area (Å²) in [6.07, 6.45) is 2.09. The van der Waals surface area contributed by atoms with Crippen LogP contribution in [0.3, 0.4) is 0 Å². The summed E-state index contributed by atoms with van der Waals surface area (Å²) in [4.78, 5) is 11.8. The summed E-state index contributed by atoms with van der Waals surface area (Å²) in [6.45, 7) is 3.74. The second-order valence-electron chi connectivity index (χ2n) is 5.62. The van der Waals surface area contributed by atoms with Gasteiger partial charge in [0.15, 0.2) is 0 Å². The van der Waals surface area contributed by atoms with E-state index in [2.05, 4.69) is 16.7 Å². The van der Waals surface area contributed by atoms with E-state index in [1.165, 1.54) is 0 Å². The summed E-state index contributed by atoms with van der Waals surface area (Å²) in [5.74, 6) is -0.00775. The maximum atomic E-state index is 11.8. The van der Waals surface area contributed by atoms with Crippen molar-refractivity contribution in [2.75, 3.05) is 10.6 Å². The van der Waals surface area contributed by atoms with Gasteiger partial charge < -0.3 is 16.4 Å². The maximum absolute atomic E-state index is 11.8. The molecule has 0 bridgehead atoms. The summed E-state index contributed by atoms with van der Waals surface area (Å²) in [7, 11) is 0. The summed E-state index contributed by atoms with van der Waals surface area (Å²) < 4.78 is 0. The maximum Gasteiger partial charge on any atom is 0.249 e. The number of rotatable bonds is 1. The van der Waals surface area contributed by atoms with Crippen LogP contribution in [0.15, 0.2) is 18.2 Å². The van der Waals surface area contributed by atoms with Gasteiger partial charge in [0.1, 0.15) is 5.54 Å². The number of hydrogen-bond donors (Lipinski definition) is 3. The molecular weight excluding hydrogens is 214 g/mol. The molecule has 0 atom stereocenters. The summed E-state index contributed by atoms with van der Waals surface area (Å²) in [6, 6.07) is 5.99. The molecule has 17 heavy (non-hydrogen) atoms. The van der Waals surface area contributed by atoms with Crippen LogP contribution in [0, 0.1) is 0 Å². The molecule has 1 aromatic carbocycles. The van der Waals surface area contributed by atoms with Gasteiger partial charge in [0.05, 0.1) is 11.4 Å². The molecule has 1 saturated carbocycles. The molecule has 4 nitrogen and oxygen atoms in total. The number of anilines is 2. The molecule has 0 spiro atoms. The Kier molecular flexibility index (Phi) is 1.88. The fourth-order valence-electron chi connectivity index (χ4n) is 2.16. The highest BCUT2D eigenvalue weighted by molar-refractivity contribution is 6.05. The minimum absolute atomic E-state index is 0.00775. The zero-order valence-corrected chi connectivity index (χ0v) is 10.1. The van der Waals surface area contributed by atoms with Crippen LogP contribution in [0.5, 0.6) is 0 Å². The number of fused-ring (bicyclic) bond motifs is 1. The molecule has 1 aliphatic heterocycles. The quantitative estimate of drug-likeness (QED) is 0.690. The number of hydrogen-bond acceptors (Lipinski definition) is 3. The highest BCUT2D eigenvalue weighted by Gasteiger charge is 2.41. The van der Waals surface area contributed by atoms with Crippen molar-refractivity contribution in [1.82, 2.24) is 0 Å². The Morgan fingerprint density at radius 2 is 1.94 bits per heavy atom. The number of benzene rings is 1. The summed E-state index contributed by atoms with van der Waals surface area (Å²) in [5, 5.41) is 6.17. The third-order valence-electron chi connectivity index (χ3n) is 3.65. The normalized spacial score (nSPS) is 23.4. The van der Waals surface area contributed by atoms with E-state index in [1.807, 2.05) is 26.0 Å². The van der Waals surface area contributed by atoms with Crippen LogP contribution in [0.25, 0.3) is 0 Å². The third kappa shape index (κ3) is 1.60. The largest absolute Gasteiger partial charge is 0.370 e. The second-order valence-corrected chi connectivity index (χ2v) is 5.62. The van der Waals surface area contributed by atoms with Gasteiger partial charge in [-0.15, -0.1) is 0 Å². The first kappa shape index (κ1) is 10.6. The molecule has 4 N–H and O–H groups in total. The molecule has 1 fully saturated rings. The van der Waals surface area contributed by atoms with Gasteiger partial charge in [0, 0.05) is 5.54 Å². The molecular formula is C13H17N3O. The van der Waals surface area contributed by atoms with Gasteiger partial charge >= 0.3 is 0 Å². The minimum atomic E-state index is -0.572. The fraction of sp³-hybridized carbons (Fsp3) is 0.462. The van der Waals surface area contributed by atoms with E-state index < -0.39 is 5.54 Å². The zero-order chi connectivity index (χ0) is 12.3. The number of nitrogens with two attached hydrogens (primary N) is 1. The Bertz CT molecular complexity index is 503. The van der Waals surface area contributed by atoms with Crippen LogP contribution in [0.4, 0.5) is 11.4 Å². The first-order chi connectivity index (χ1) is 7.91. The Hall–Kier alpha value is -1.55. The number of amides is 1. The van der Waals surface area contributed by atoms with E-state index in [-0.39, 0.29) is 11.4 Å². The van der Waals surface area contributed by atoms with Crippen LogP contribution < -0.4 is 16.4 Å². The second kappa shape index (κ2) is 3.01. The van der Waals surface area contributed by atoms with Crippen molar-refractivity contribution in [2.45, 2.75) is 37.8 Å². The first-order valence-electron chi connectivity index (χ1n) is 5.94. The Labute approximate surface area is 101 Å². The first-order valence-corrected chi connectivity index (χ1v) is 5.94. The smallest absolute Gasteiger partial charge is 0.249 e. The molecule has 1 amide bonds. The van der Waals surface area contributed by atoms with Crippen LogP contribution in [0.1, 0.15) is 32.3 Å². The van der Waals surface area contributed by atoms with Crippen molar-refractivity contribution in [2.24, 2.45) is 5.73 Å². The lowest BCUT2D eigenvalue weighted by molar-refractivity contribution is -0.119. The third-order valence-corrected chi connectivity index (χ3v) is 3.65. The molecule has 90 valence electrons. The minimum Gasteiger partial charge on any atom is -0.370 e. The van der Waals surface area contributed by atoms with Crippen molar-refractivity contribution in [3.8, 4) is 0 Å². The molecule has 0 unspecified atom stereocenters. The molecule has 2 aliphatic rings. The monoisotopic (exact) mass is 231 g/mol. The lowest BCUT2D eigenvalue weighted by Gasteiger charge is -2.33. The standard InChI is InChI=1S/C13H17N3O/c1-12(2)11(17)15-9-4-3-8(7-10(9)16-12)13(14)5-6-13/h3-4,7,16H,5-6,14H2,1-2H3,(H,15,17). The molecule has 1 aromatic rings. The van der Waals surface area contributed by atoms with Crippen molar-refractivity contribution in [3.05, 3.63) is 23.8 Å². The van der Waals surface area contributed by atoms with Gasteiger partial charge in [-0.1, -0.05) is 6.07 Å². The number of carbonyl (C=O) groups excluding carboxylic acids is 1. The molecule has 4 heteroatoms. The van der Waals surface area contributed by atoms with Crippen molar-refractivity contribution < 1.29 is 4.79 Å². The van der Waals surface area contributed by atoms with Crippen LogP contribution in [-0.4, -0.2) is 11.4 Å². The molecule has 0 aromatic heterocycles. The molecule has 0 radical (unpaired) electrons. The van der Waals surface area contributed by atoms with Gasteiger partial charge in [-0.2, -0.15) is 0 Å². The highest BCUT2D eigenvalue weighted by Crippen LogP contribution is 2.45. The fourth-order valence-corrected chi connectivity index (χ4v) is 2.16. The van der Waals surface area contributed by atoms with E-state index in [0.29, 0.717) is 0 Å². The highest BCUT2D eigenvalue weighted by atomic mass is 16.2. The molecule has 0 saturated heterocycles. The van der Waals surface area contributed by atoms with Crippen molar-refractivity contribution in [3.63, 3.8) is 0 Å². The molecule has 1 heterocycles. The van der Waals surface area contributed by atoms with Gasteiger partial charge in [-0.25, -0.2) is 0 Å². The van der Waals surface area contributed by atoms with Gasteiger partial charge in [0.2, 0.25) is 5.91 Å². The van der Waals surface area contributed by atoms with E-state index in [1.54, 1.807) is 0 Å². The Morgan fingerprint density at radius 1 is 1.24 bits per heavy atom. The number of nitrogens with one attached hydrogen (secondary N) is 2. The average molecular weight is 231 g/mol. The van der Waals surface area contributed by atoms with E-state index >= 15 is 0 Å². The van der Waals surface area contributed by atoms with Crippen LogP contribution >= 0.6 is 0 Å². The Morgan fingerprint density at radius 3 is 2.59 bits per heavy atom. The SMILES string of the molecule is CC1(C)Nc2cc(C3(N)CC3)ccc2NC1=O. The lowest BCUT2D eigenvalue weighted by atomic mass is 9.97. The predicted molar refractivity (Wildman–Crippen MR) is 67.9 cm³/mol. The summed E-state index contributed by atoms with van der Waals surface area (Å²) in [5.41, 5.74) is 8.42. The van der Waals surface area contributed by atoms with Gasteiger partial charge in [-0.05, 0) is 44.4 Å². The van der Waals surface area contributed by atoms with Gasteiger partial charge in [-0.3, -0.25) is 4.79 Å². The van der Waals surface area contributed by atoms with E-state index in [0.717, 1.165) is 29.8 Å². The van der Waals surface area contributed by atoms with E-state index in [4.69, 9.17) is 5.73 Å². The number of carbonyl (C=O) groups is 1. The topological polar surface area (TPSA) is 67.2 Å². The average Bonchev–Trinajstić information content (AvgIpc) is 2.98. The van der Waals surface area contributed by atoms with Crippen LogP contribution in [-0.2, 0) is 10.3 Å². The van der Waals surface area contributed by atoms with Crippen molar-refractivity contribution in [1.29, 1.82) is 0 Å². The van der Waals surface area contributed by atoms with Gasteiger partial charge in [0.25, 0.3) is 0 Å². The molecule has 1 aliphatic carbocycles. The van der Waals surface area contributed by atoms with Crippen molar-refractivity contribution >= 4 is 17.3 Å². The van der Waals surface area contributed by atoms with E-state index in [9.17, 15) is 4.79 Å². The Balaban J connectivity index is 2.01. The lowest BCUT2D eigenvalue weighted by Crippen LogP contribution is -2.47. The summed E-state index contributed by atoms with van der Waals surface area (Å²) >= 11 is 0. The van der Waals surface area contributed by atoms with Crippen LogP contribution in [0.2, 0.25) is 0 Å². The zero-order valence-electron chi connectivity index (χ0n) is 10.1.